The van der Waals surface area contributed by atoms with E-state index in [2.05, 4.69) is 16.0 Å². The Kier molecular flexibility index (Phi) is 10.6. The number of carbonyl (C=O) groups excluding carboxylic acids is 4. The van der Waals surface area contributed by atoms with Crippen LogP contribution in [0.1, 0.15) is 40.4 Å². The quantitative estimate of drug-likeness (QED) is 0.0987. The van der Waals surface area contributed by atoms with Crippen molar-refractivity contribution in [3.63, 3.8) is 0 Å². The van der Waals surface area contributed by atoms with Gasteiger partial charge in [-0.3, -0.25) is 4.79 Å². The number of nitrogens with one attached hydrogen (secondary N) is 3. The van der Waals surface area contributed by atoms with Crippen LogP contribution in [0.3, 0.4) is 0 Å². The van der Waals surface area contributed by atoms with Crippen molar-refractivity contribution in [2.45, 2.75) is 37.3 Å². The van der Waals surface area contributed by atoms with Crippen LogP contribution >= 0.6 is 11.6 Å². The lowest BCUT2D eigenvalue weighted by Crippen LogP contribution is -2.56. The van der Waals surface area contributed by atoms with Gasteiger partial charge >= 0.3 is 31.2 Å². The smallest absolute Gasteiger partial charge is 0.534 e. The number of phenols is 3. The number of hydrogen-bond acceptors (Lipinski definition) is 10. The number of likely N-dealkylation sites (tertiary alicyclic amines) is 1. The van der Waals surface area contributed by atoms with Crippen LogP contribution in [0.4, 0.5) is 28.9 Å². The fourth-order valence-electron chi connectivity index (χ4n) is 6.55. The fraction of sp³-hybridized carbons (Fsp3) is 0.303. The number of amides is 7. The number of benzene rings is 3. The molecule has 0 aliphatic carbocycles. The summed E-state index contributed by atoms with van der Waals surface area (Å²) in [5.41, 5.74) is -0.801. The number of anilines is 1. The summed E-state index contributed by atoms with van der Waals surface area (Å²) in [5.74, 6) is -9.51. The molecule has 3 aliphatic rings. The average Bonchev–Trinajstić information content (AvgIpc) is 3.53. The van der Waals surface area contributed by atoms with Crippen molar-refractivity contribution < 1.29 is 62.9 Å². The van der Waals surface area contributed by atoms with E-state index < -0.39 is 88.1 Å². The standard InChI is InChI=1S/C33H32BClF2N6O11/c35-24-19(14-21(37)26(45)27(24)46)25(29(47)39-22-13-15-1-6-20(36)23(30(48)49)28(15)54-34(22)53)40-32(51)43-12-11-42(33(43)52)17-7-9-41(10-8-17)31(50)38-16-2-4-18(44)5-3-16/h1-6,14,17,22,25,44-46,53H,7-13H2,(H,38,50)(H,39,47)(H,40,51)(H,48,49)/t22-,25-/m0/s1. The van der Waals surface area contributed by atoms with Crippen molar-refractivity contribution in [3.8, 4) is 23.0 Å². The summed E-state index contributed by atoms with van der Waals surface area (Å²) in [4.78, 5) is 69.1. The lowest BCUT2D eigenvalue weighted by atomic mass is 9.72. The number of phenolic OH excluding ortho intramolecular Hbond substituents is 3. The van der Waals surface area contributed by atoms with Crippen molar-refractivity contribution in [1.82, 2.24) is 25.3 Å². The number of carboxylic acid groups (broad SMARTS) is 1. The molecule has 3 aromatic carbocycles. The number of hydrogen-bond donors (Lipinski definition) is 8. The van der Waals surface area contributed by atoms with E-state index in [9.17, 15) is 58.2 Å². The van der Waals surface area contributed by atoms with Gasteiger partial charge in [-0.1, -0.05) is 17.7 Å². The zero-order valence-electron chi connectivity index (χ0n) is 28.0. The van der Waals surface area contributed by atoms with Crippen LogP contribution in [0, 0.1) is 11.6 Å². The molecule has 0 unspecified atom stereocenters. The van der Waals surface area contributed by atoms with E-state index in [0.717, 1.165) is 11.0 Å². The van der Waals surface area contributed by atoms with Gasteiger partial charge in [-0.15, -0.1) is 0 Å². The molecule has 3 heterocycles. The fourth-order valence-corrected chi connectivity index (χ4v) is 6.81. The van der Waals surface area contributed by atoms with Crippen molar-refractivity contribution in [2.75, 3.05) is 31.5 Å². The van der Waals surface area contributed by atoms with Gasteiger partial charge in [-0.05, 0) is 61.2 Å². The Morgan fingerprint density at radius 1 is 0.926 bits per heavy atom. The first-order valence-electron chi connectivity index (χ1n) is 16.5. The summed E-state index contributed by atoms with van der Waals surface area (Å²) < 4.78 is 34.2. The molecule has 0 bridgehead atoms. The van der Waals surface area contributed by atoms with Crippen molar-refractivity contribution >= 4 is 54.4 Å². The maximum absolute atomic E-state index is 14.7. The Morgan fingerprint density at radius 3 is 2.28 bits per heavy atom. The molecule has 0 radical (unpaired) electrons. The molecule has 2 atom stereocenters. The number of fused-ring (bicyclic) bond motifs is 1. The second kappa shape index (κ2) is 15.1. The second-order valence-electron chi connectivity index (χ2n) is 12.7. The molecule has 0 spiro atoms. The molecule has 8 N–H and O–H groups in total. The van der Waals surface area contributed by atoms with Crippen LogP contribution < -0.4 is 20.6 Å². The minimum atomic E-state index is -1.96. The molecular formula is C33H32BClF2N6O11. The molecule has 2 fully saturated rings. The van der Waals surface area contributed by atoms with E-state index in [1.165, 1.54) is 23.1 Å². The molecule has 21 heteroatoms. The molecule has 7 amide bonds. The zero-order valence-corrected chi connectivity index (χ0v) is 28.7. The molecule has 17 nitrogen and oxygen atoms in total. The zero-order chi connectivity index (χ0) is 39.0. The normalized spacial score (nSPS) is 17.8. The van der Waals surface area contributed by atoms with E-state index in [1.54, 1.807) is 17.0 Å². The number of urea groups is 3. The minimum Gasteiger partial charge on any atom is -0.534 e. The predicted octanol–water partition coefficient (Wildman–Crippen LogP) is 2.76. The Balaban J connectivity index is 1.15. The number of carboxylic acids is 1. The second-order valence-corrected chi connectivity index (χ2v) is 13.1. The molecule has 54 heavy (non-hydrogen) atoms. The van der Waals surface area contributed by atoms with Crippen LogP contribution in [0.15, 0.2) is 42.5 Å². The highest BCUT2D eigenvalue weighted by Crippen LogP contribution is 2.41. The molecule has 0 aromatic heterocycles. The Morgan fingerprint density at radius 2 is 1.61 bits per heavy atom. The van der Waals surface area contributed by atoms with Gasteiger partial charge in [0.05, 0.1) is 11.0 Å². The maximum atomic E-state index is 14.7. The van der Waals surface area contributed by atoms with Crippen LogP contribution in [-0.4, -0.2) is 115 Å². The third-order valence-electron chi connectivity index (χ3n) is 9.38. The topological polar surface area (TPSA) is 242 Å². The van der Waals surface area contributed by atoms with Crippen LogP contribution in [0.2, 0.25) is 5.02 Å². The van der Waals surface area contributed by atoms with Crippen LogP contribution in [0.5, 0.6) is 23.0 Å². The summed E-state index contributed by atoms with van der Waals surface area (Å²) in [5, 5.41) is 56.4. The van der Waals surface area contributed by atoms with E-state index in [0.29, 0.717) is 24.6 Å². The number of rotatable bonds is 7. The summed E-state index contributed by atoms with van der Waals surface area (Å²) in [7, 11) is -1.93. The molecule has 3 aliphatic heterocycles. The highest BCUT2D eigenvalue weighted by Gasteiger charge is 2.43. The SMILES string of the molecule is O=C(O)c1c(F)ccc2c1OB(O)[C@@H](NC(=O)[C@@H](NC(=O)N1CCN(C3CCN(C(=O)Nc4ccc(O)cc4)CC3)C1=O)c1cc(F)c(O)c(O)c1Cl)C2. The van der Waals surface area contributed by atoms with Crippen LogP contribution in [0.25, 0.3) is 0 Å². The number of piperidine rings is 1. The predicted molar refractivity (Wildman–Crippen MR) is 184 cm³/mol. The number of halogens is 3. The molecule has 284 valence electrons. The minimum absolute atomic E-state index is 0.0440. The van der Waals surface area contributed by atoms with Gasteiger partial charge in [0.25, 0.3) is 0 Å². The van der Waals surface area contributed by atoms with E-state index in [1.807, 2.05) is 0 Å². The lowest BCUT2D eigenvalue weighted by Gasteiger charge is -2.36. The lowest BCUT2D eigenvalue weighted by molar-refractivity contribution is -0.123. The van der Waals surface area contributed by atoms with E-state index in [4.69, 9.17) is 16.3 Å². The third-order valence-corrected chi connectivity index (χ3v) is 9.78. The highest BCUT2D eigenvalue weighted by atomic mass is 35.5. The van der Waals surface area contributed by atoms with Crippen molar-refractivity contribution in [3.05, 3.63) is 75.8 Å². The van der Waals surface area contributed by atoms with E-state index in [-0.39, 0.29) is 56.0 Å². The number of aromatic hydroxyl groups is 3. The largest absolute Gasteiger partial charge is 0.547 e. The van der Waals surface area contributed by atoms with Gasteiger partial charge in [0.1, 0.15) is 28.9 Å². The van der Waals surface area contributed by atoms with Gasteiger partial charge in [0.15, 0.2) is 17.3 Å². The number of carbonyl (C=O) groups is 5. The maximum Gasteiger partial charge on any atom is 0.547 e. The molecule has 2 saturated heterocycles. The van der Waals surface area contributed by atoms with Gasteiger partial charge in [-0.25, -0.2) is 32.9 Å². The average molecular weight is 773 g/mol. The number of imide groups is 1. The first kappa shape index (κ1) is 37.7. The molecular weight excluding hydrogens is 741 g/mol. The van der Waals surface area contributed by atoms with Crippen molar-refractivity contribution in [1.29, 1.82) is 0 Å². The first-order chi connectivity index (χ1) is 25.6. The van der Waals surface area contributed by atoms with Gasteiger partial charge in [0.2, 0.25) is 5.91 Å². The van der Waals surface area contributed by atoms with Crippen LogP contribution in [-0.2, 0) is 11.2 Å². The summed E-state index contributed by atoms with van der Waals surface area (Å²) in [6, 6.07) is 4.05. The van der Waals surface area contributed by atoms with Gasteiger partial charge < -0.3 is 55.9 Å². The number of nitrogens with zero attached hydrogens (tertiary/aromatic N) is 3. The summed E-state index contributed by atoms with van der Waals surface area (Å²) in [6.07, 6.45) is 0.474. The Labute approximate surface area is 309 Å². The summed E-state index contributed by atoms with van der Waals surface area (Å²) >= 11 is 6.19. The van der Waals surface area contributed by atoms with E-state index >= 15 is 0 Å². The number of aromatic carboxylic acids is 1. The highest BCUT2D eigenvalue weighted by molar-refractivity contribution is 6.47. The Bertz CT molecular complexity index is 2020. The third kappa shape index (κ3) is 7.42. The summed E-state index contributed by atoms with van der Waals surface area (Å²) in [6.45, 7) is 0.550. The first-order valence-corrected chi connectivity index (χ1v) is 16.9. The van der Waals surface area contributed by atoms with Gasteiger partial charge in [0, 0.05) is 43.5 Å². The monoisotopic (exact) mass is 772 g/mol. The van der Waals surface area contributed by atoms with Crippen molar-refractivity contribution in [2.24, 2.45) is 0 Å². The molecule has 6 rings (SSSR count). The molecule has 0 saturated carbocycles. The van der Waals surface area contributed by atoms with Gasteiger partial charge in [-0.2, -0.15) is 0 Å². The molecule has 3 aromatic rings. The Hall–Kier alpha value is -6.02.